The number of benzene rings is 2. The van der Waals surface area contributed by atoms with Crippen LogP contribution in [0.5, 0.6) is 11.5 Å². The minimum absolute atomic E-state index is 0.0644. The predicted octanol–water partition coefficient (Wildman–Crippen LogP) is 4.52. The molecule has 0 fully saturated rings. The highest BCUT2D eigenvalue weighted by Gasteiger charge is 2.15. The number of imidazole rings is 1. The number of aromatic nitrogens is 4. The molecule has 1 N–H and O–H groups in total. The lowest BCUT2D eigenvalue weighted by Crippen LogP contribution is -2.03. The Hall–Kier alpha value is -3.14. The SMILES string of the molecule is COc1cc(-c2noc(CSc3nc4ccccc4[nH]3)n2)ccc1OC(F)F. The van der Waals surface area contributed by atoms with E-state index in [0.29, 0.717) is 23.0 Å². The second-order valence-electron chi connectivity index (χ2n) is 5.60. The van der Waals surface area contributed by atoms with Gasteiger partial charge in [0.2, 0.25) is 11.7 Å². The van der Waals surface area contributed by atoms with E-state index in [2.05, 4.69) is 24.8 Å². The highest BCUT2D eigenvalue weighted by molar-refractivity contribution is 7.98. The summed E-state index contributed by atoms with van der Waals surface area (Å²) in [6, 6.07) is 12.2. The van der Waals surface area contributed by atoms with E-state index in [1.54, 1.807) is 6.07 Å². The lowest BCUT2D eigenvalue weighted by atomic mass is 10.2. The third-order valence-electron chi connectivity index (χ3n) is 3.81. The molecule has 0 aliphatic carbocycles. The first-order valence-electron chi connectivity index (χ1n) is 8.16. The zero-order valence-electron chi connectivity index (χ0n) is 14.6. The summed E-state index contributed by atoms with van der Waals surface area (Å²) < 4.78 is 39.6. The van der Waals surface area contributed by atoms with Crippen LogP contribution in [0, 0.1) is 0 Å². The number of alkyl halides is 2. The van der Waals surface area contributed by atoms with E-state index in [1.165, 1.54) is 31.0 Å². The summed E-state index contributed by atoms with van der Waals surface area (Å²) in [7, 11) is 1.36. The van der Waals surface area contributed by atoms with E-state index < -0.39 is 6.61 Å². The van der Waals surface area contributed by atoms with Crippen LogP contribution in [0.1, 0.15) is 5.89 Å². The fraction of sp³-hybridized carbons (Fsp3) is 0.167. The van der Waals surface area contributed by atoms with Crippen molar-refractivity contribution in [2.45, 2.75) is 17.5 Å². The molecule has 0 unspecified atom stereocenters. The number of rotatable bonds is 7. The molecule has 0 atom stereocenters. The third-order valence-corrected chi connectivity index (χ3v) is 4.66. The van der Waals surface area contributed by atoms with E-state index in [9.17, 15) is 8.78 Å². The van der Waals surface area contributed by atoms with Gasteiger partial charge in [0.05, 0.1) is 23.9 Å². The second kappa shape index (κ2) is 7.85. The minimum atomic E-state index is -2.94. The van der Waals surface area contributed by atoms with Crippen LogP contribution in [0.4, 0.5) is 8.78 Å². The first-order valence-corrected chi connectivity index (χ1v) is 9.14. The Balaban J connectivity index is 1.47. The molecular weight excluding hydrogens is 390 g/mol. The summed E-state index contributed by atoms with van der Waals surface area (Å²) in [5.74, 6) is 1.25. The number of nitrogens with zero attached hydrogens (tertiary/aromatic N) is 3. The Morgan fingerprint density at radius 3 is 2.79 bits per heavy atom. The Bertz CT molecular complexity index is 1070. The summed E-state index contributed by atoms with van der Waals surface area (Å²) >= 11 is 1.43. The van der Waals surface area contributed by atoms with Gasteiger partial charge in [0, 0.05) is 5.56 Å². The van der Waals surface area contributed by atoms with Gasteiger partial charge in [-0.1, -0.05) is 29.1 Å². The number of para-hydroxylation sites is 2. The van der Waals surface area contributed by atoms with Gasteiger partial charge >= 0.3 is 6.61 Å². The van der Waals surface area contributed by atoms with Crippen molar-refractivity contribution in [3.8, 4) is 22.9 Å². The number of hydrogen-bond donors (Lipinski definition) is 1. The summed E-state index contributed by atoms with van der Waals surface area (Å²) in [6.45, 7) is -2.94. The fourth-order valence-corrected chi connectivity index (χ4v) is 3.28. The molecule has 0 aliphatic heterocycles. The van der Waals surface area contributed by atoms with Crippen LogP contribution in [0.25, 0.3) is 22.4 Å². The van der Waals surface area contributed by atoms with Crippen molar-refractivity contribution in [2.75, 3.05) is 7.11 Å². The van der Waals surface area contributed by atoms with Gasteiger partial charge in [-0.25, -0.2) is 4.98 Å². The van der Waals surface area contributed by atoms with Gasteiger partial charge in [-0.15, -0.1) is 0 Å². The predicted molar refractivity (Wildman–Crippen MR) is 98.6 cm³/mol. The standard InChI is InChI=1S/C18H14F2N4O3S/c1-25-14-8-10(6-7-13(14)26-17(19)20)16-23-15(27-24-16)9-28-18-21-11-4-2-3-5-12(11)22-18/h2-8,17H,9H2,1H3,(H,21,22). The molecule has 0 saturated heterocycles. The van der Waals surface area contributed by atoms with Crippen LogP contribution in [0.3, 0.4) is 0 Å². The van der Waals surface area contributed by atoms with Gasteiger partial charge in [-0.3, -0.25) is 0 Å². The maximum atomic E-state index is 12.4. The molecule has 0 radical (unpaired) electrons. The monoisotopic (exact) mass is 404 g/mol. The number of H-pyrrole nitrogens is 1. The van der Waals surface area contributed by atoms with Gasteiger partial charge in [0.25, 0.3) is 0 Å². The molecule has 0 spiro atoms. The van der Waals surface area contributed by atoms with E-state index >= 15 is 0 Å². The normalized spacial score (nSPS) is 11.3. The van der Waals surface area contributed by atoms with Crippen molar-refractivity contribution in [2.24, 2.45) is 0 Å². The molecule has 7 nitrogen and oxygen atoms in total. The molecule has 0 bridgehead atoms. The number of fused-ring (bicyclic) bond motifs is 1. The fourth-order valence-electron chi connectivity index (χ4n) is 2.56. The molecule has 2 heterocycles. The number of halogens is 2. The first-order chi connectivity index (χ1) is 13.6. The molecule has 0 aliphatic rings. The summed E-state index contributed by atoms with van der Waals surface area (Å²) in [4.78, 5) is 12.0. The number of methoxy groups -OCH3 is 1. The summed E-state index contributed by atoms with van der Waals surface area (Å²) in [5.41, 5.74) is 2.39. The number of aromatic amines is 1. The number of ether oxygens (including phenoxy) is 2. The molecular formula is C18H14F2N4O3S. The van der Waals surface area contributed by atoms with Crippen molar-refractivity contribution in [3.63, 3.8) is 0 Å². The van der Waals surface area contributed by atoms with Gasteiger partial charge in [0.1, 0.15) is 0 Å². The highest BCUT2D eigenvalue weighted by atomic mass is 32.2. The highest BCUT2D eigenvalue weighted by Crippen LogP contribution is 2.33. The summed E-state index contributed by atoms with van der Waals surface area (Å²) in [6.07, 6.45) is 0. The lowest BCUT2D eigenvalue weighted by Gasteiger charge is -2.10. The molecule has 144 valence electrons. The van der Waals surface area contributed by atoms with Crippen molar-refractivity contribution in [3.05, 3.63) is 48.4 Å². The second-order valence-corrected chi connectivity index (χ2v) is 6.57. The van der Waals surface area contributed by atoms with Crippen LogP contribution in [-0.4, -0.2) is 33.8 Å². The van der Waals surface area contributed by atoms with Gasteiger partial charge in [-0.2, -0.15) is 13.8 Å². The Morgan fingerprint density at radius 1 is 1.14 bits per heavy atom. The molecule has 0 amide bonds. The lowest BCUT2D eigenvalue weighted by molar-refractivity contribution is -0.0512. The zero-order chi connectivity index (χ0) is 19.5. The molecule has 28 heavy (non-hydrogen) atoms. The molecule has 10 heteroatoms. The average Bonchev–Trinajstić information content (AvgIpc) is 3.32. The maximum absolute atomic E-state index is 12.4. The van der Waals surface area contributed by atoms with Crippen molar-refractivity contribution < 1.29 is 22.8 Å². The van der Waals surface area contributed by atoms with Crippen molar-refractivity contribution in [1.82, 2.24) is 20.1 Å². The Morgan fingerprint density at radius 2 is 2.00 bits per heavy atom. The number of nitrogens with one attached hydrogen (secondary N) is 1. The topological polar surface area (TPSA) is 86.1 Å². The van der Waals surface area contributed by atoms with Crippen LogP contribution in [-0.2, 0) is 5.75 Å². The molecule has 2 aromatic carbocycles. The third kappa shape index (κ3) is 3.91. The Labute approximate surface area is 162 Å². The molecule has 2 aromatic heterocycles. The van der Waals surface area contributed by atoms with Crippen molar-refractivity contribution >= 4 is 22.8 Å². The molecule has 4 rings (SSSR count). The van der Waals surface area contributed by atoms with E-state index in [1.807, 2.05) is 24.3 Å². The largest absolute Gasteiger partial charge is 0.493 e. The summed E-state index contributed by atoms with van der Waals surface area (Å²) in [5, 5.41) is 4.68. The first kappa shape index (κ1) is 18.2. The van der Waals surface area contributed by atoms with E-state index in [4.69, 9.17) is 9.26 Å². The number of thioether (sulfide) groups is 1. The minimum Gasteiger partial charge on any atom is -0.493 e. The van der Waals surface area contributed by atoms with Gasteiger partial charge < -0.3 is 19.0 Å². The molecule has 0 saturated carbocycles. The smallest absolute Gasteiger partial charge is 0.387 e. The zero-order valence-corrected chi connectivity index (χ0v) is 15.4. The van der Waals surface area contributed by atoms with Crippen LogP contribution < -0.4 is 9.47 Å². The number of hydrogen-bond acceptors (Lipinski definition) is 7. The van der Waals surface area contributed by atoms with Gasteiger partial charge in [-0.05, 0) is 30.3 Å². The van der Waals surface area contributed by atoms with Crippen LogP contribution in [0.15, 0.2) is 52.1 Å². The maximum Gasteiger partial charge on any atom is 0.387 e. The van der Waals surface area contributed by atoms with Gasteiger partial charge in [0.15, 0.2) is 16.7 Å². The van der Waals surface area contributed by atoms with Crippen LogP contribution in [0.2, 0.25) is 0 Å². The van der Waals surface area contributed by atoms with Crippen LogP contribution >= 0.6 is 11.8 Å². The Kier molecular flexibility index (Phi) is 5.11. The molecule has 4 aromatic rings. The van der Waals surface area contributed by atoms with E-state index in [0.717, 1.165) is 16.2 Å². The average molecular weight is 404 g/mol. The van der Waals surface area contributed by atoms with Crippen molar-refractivity contribution in [1.29, 1.82) is 0 Å². The quantitative estimate of drug-likeness (QED) is 0.453. The van der Waals surface area contributed by atoms with E-state index in [-0.39, 0.29) is 11.5 Å².